The van der Waals surface area contributed by atoms with Gasteiger partial charge in [0.05, 0.1) is 12.0 Å². The number of carbonyl (C=O) groups excluding carboxylic acids is 1. The van der Waals surface area contributed by atoms with Crippen LogP contribution in [0.4, 0.5) is 0 Å². The van der Waals surface area contributed by atoms with Crippen LogP contribution in [0.1, 0.15) is 72.1 Å². The van der Waals surface area contributed by atoms with Crippen molar-refractivity contribution in [2.45, 2.75) is 72.1 Å². The van der Waals surface area contributed by atoms with E-state index in [1.54, 1.807) is 0 Å². The molecule has 1 rings (SSSR count). The molecule has 0 aliphatic carbocycles. The molecular formula is C17H33NO2. The lowest BCUT2D eigenvalue weighted by atomic mass is 9.75. The molecule has 0 aromatic carbocycles. The highest BCUT2D eigenvalue weighted by molar-refractivity contribution is 5.76. The molecule has 118 valence electrons. The third-order valence-electron chi connectivity index (χ3n) is 4.57. The van der Waals surface area contributed by atoms with Crippen LogP contribution in [-0.2, 0) is 9.53 Å². The molecule has 0 aromatic rings. The number of esters is 1. The second-order valence-corrected chi connectivity index (χ2v) is 6.67. The molecule has 20 heavy (non-hydrogen) atoms. The minimum absolute atomic E-state index is 0.0141. The maximum Gasteiger partial charge on any atom is 0.311 e. The van der Waals surface area contributed by atoms with Crippen LogP contribution in [0.25, 0.3) is 0 Å². The predicted octanol–water partition coefficient (Wildman–Crippen LogP) is 3.92. The number of carbonyl (C=O) groups is 1. The molecule has 0 amide bonds. The maximum atomic E-state index is 12.2. The van der Waals surface area contributed by atoms with E-state index in [2.05, 4.69) is 12.2 Å². The van der Waals surface area contributed by atoms with Crippen molar-refractivity contribution in [1.29, 1.82) is 0 Å². The molecule has 1 aliphatic rings. The maximum absolute atomic E-state index is 12.2. The topological polar surface area (TPSA) is 38.3 Å². The first-order valence-electron chi connectivity index (χ1n) is 8.47. The molecule has 1 heterocycles. The smallest absolute Gasteiger partial charge is 0.311 e. The van der Waals surface area contributed by atoms with Gasteiger partial charge < -0.3 is 10.1 Å². The van der Waals surface area contributed by atoms with Gasteiger partial charge >= 0.3 is 5.97 Å². The average molecular weight is 283 g/mol. The van der Waals surface area contributed by atoms with E-state index < -0.39 is 0 Å². The van der Waals surface area contributed by atoms with Crippen LogP contribution >= 0.6 is 0 Å². The van der Waals surface area contributed by atoms with Crippen LogP contribution < -0.4 is 5.32 Å². The van der Waals surface area contributed by atoms with E-state index >= 15 is 0 Å². The molecule has 3 nitrogen and oxygen atoms in total. The molecule has 0 bridgehead atoms. The summed E-state index contributed by atoms with van der Waals surface area (Å²) in [5, 5.41) is 3.38. The van der Waals surface area contributed by atoms with Gasteiger partial charge in [0.1, 0.15) is 0 Å². The minimum atomic E-state index is -0.352. The summed E-state index contributed by atoms with van der Waals surface area (Å²) in [4.78, 5) is 12.2. The first kappa shape index (κ1) is 17.5. The molecule has 0 aromatic heterocycles. The highest BCUT2D eigenvalue weighted by Crippen LogP contribution is 2.33. The quantitative estimate of drug-likeness (QED) is 0.515. The number of hydrogen-bond acceptors (Lipinski definition) is 3. The number of piperidine rings is 1. The van der Waals surface area contributed by atoms with Crippen molar-refractivity contribution in [2.24, 2.45) is 11.3 Å². The van der Waals surface area contributed by atoms with Gasteiger partial charge in [-0.1, -0.05) is 39.0 Å². The lowest BCUT2D eigenvalue weighted by molar-refractivity contribution is -0.157. The van der Waals surface area contributed by atoms with E-state index in [9.17, 15) is 4.79 Å². The largest absolute Gasteiger partial charge is 0.465 e. The first-order valence-corrected chi connectivity index (χ1v) is 8.47. The summed E-state index contributed by atoms with van der Waals surface area (Å²) in [6.07, 6.45) is 9.66. The van der Waals surface area contributed by atoms with E-state index in [1.165, 1.54) is 38.5 Å². The molecule has 3 heteroatoms. The molecule has 1 fully saturated rings. The highest BCUT2D eigenvalue weighted by Gasteiger charge is 2.38. The van der Waals surface area contributed by atoms with Gasteiger partial charge in [-0.15, -0.1) is 0 Å². The van der Waals surface area contributed by atoms with Crippen molar-refractivity contribution >= 4 is 5.97 Å². The van der Waals surface area contributed by atoms with Crippen LogP contribution in [0.15, 0.2) is 0 Å². The predicted molar refractivity (Wildman–Crippen MR) is 83.7 cm³/mol. The molecule has 0 saturated carbocycles. The summed E-state index contributed by atoms with van der Waals surface area (Å²) in [5.74, 6) is 0.396. The highest BCUT2D eigenvalue weighted by atomic mass is 16.5. The first-order chi connectivity index (χ1) is 9.59. The molecule has 1 aliphatic heterocycles. The van der Waals surface area contributed by atoms with Gasteiger partial charge in [-0.3, -0.25) is 4.79 Å². The minimum Gasteiger partial charge on any atom is -0.465 e. The Morgan fingerprint density at radius 2 is 1.90 bits per heavy atom. The molecule has 1 atom stereocenters. The third kappa shape index (κ3) is 5.82. The summed E-state index contributed by atoms with van der Waals surface area (Å²) in [5.41, 5.74) is -0.352. The number of ether oxygens (including phenoxy) is 1. The second kappa shape index (κ2) is 9.38. The monoisotopic (exact) mass is 283 g/mol. The Bertz CT molecular complexity index is 270. The van der Waals surface area contributed by atoms with Gasteiger partial charge in [-0.05, 0) is 52.1 Å². The van der Waals surface area contributed by atoms with E-state index in [0.717, 1.165) is 25.9 Å². The Kier molecular flexibility index (Phi) is 8.20. The van der Waals surface area contributed by atoms with Gasteiger partial charge in [0.15, 0.2) is 0 Å². The summed E-state index contributed by atoms with van der Waals surface area (Å²) >= 11 is 0. The van der Waals surface area contributed by atoms with Crippen LogP contribution in [0.3, 0.4) is 0 Å². The van der Waals surface area contributed by atoms with E-state index in [1.807, 2.05) is 13.8 Å². The summed E-state index contributed by atoms with van der Waals surface area (Å²) in [6, 6.07) is 0. The fourth-order valence-corrected chi connectivity index (χ4v) is 2.87. The van der Waals surface area contributed by atoms with Gasteiger partial charge in [0, 0.05) is 0 Å². The normalized spacial score (nSPS) is 19.9. The molecular weight excluding hydrogens is 250 g/mol. The number of rotatable bonds is 9. The van der Waals surface area contributed by atoms with Crippen molar-refractivity contribution in [3.8, 4) is 0 Å². The number of hydrogen-bond donors (Lipinski definition) is 1. The molecule has 0 radical (unpaired) electrons. The van der Waals surface area contributed by atoms with Crippen molar-refractivity contribution < 1.29 is 9.53 Å². The Hall–Kier alpha value is -0.570. The SMILES string of the molecule is CCCCCCCCOC(=O)C(C)(C)C1CCCNC1. The Morgan fingerprint density at radius 3 is 2.55 bits per heavy atom. The van der Waals surface area contributed by atoms with Crippen molar-refractivity contribution in [3.05, 3.63) is 0 Å². The Labute approximate surface area is 124 Å². The zero-order chi connectivity index (χ0) is 14.8. The van der Waals surface area contributed by atoms with Crippen LogP contribution in [0, 0.1) is 11.3 Å². The van der Waals surface area contributed by atoms with Crippen LogP contribution in [0.5, 0.6) is 0 Å². The number of nitrogens with one attached hydrogen (secondary N) is 1. The average Bonchev–Trinajstić information content (AvgIpc) is 2.47. The lowest BCUT2D eigenvalue weighted by Gasteiger charge is -2.35. The Morgan fingerprint density at radius 1 is 1.20 bits per heavy atom. The summed E-state index contributed by atoms with van der Waals surface area (Å²) in [7, 11) is 0. The van der Waals surface area contributed by atoms with Gasteiger partial charge in [-0.2, -0.15) is 0 Å². The lowest BCUT2D eigenvalue weighted by Crippen LogP contribution is -2.43. The molecule has 1 saturated heterocycles. The summed E-state index contributed by atoms with van der Waals surface area (Å²) in [6.45, 7) is 8.92. The van der Waals surface area contributed by atoms with Crippen molar-refractivity contribution in [3.63, 3.8) is 0 Å². The van der Waals surface area contributed by atoms with Gasteiger partial charge in [-0.25, -0.2) is 0 Å². The summed E-state index contributed by atoms with van der Waals surface area (Å²) < 4.78 is 5.50. The zero-order valence-corrected chi connectivity index (χ0v) is 13.7. The fourth-order valence-electron chi connectivity index (χ4n) is 2.87. The van der Waals surface area contributed by atoms with Crippen LogP contribution in [0.2, 0.25) is 0 Å². The van der Waals surface area contributed by atoms with Crippen molar-refractivity contribution in [1.82, 2.24) is 5.32 Å². The standard InChI is InChI=1S/C17H33NO2/c1-4-5-6-7-8-9-13-20-16(19)17(2,3)15-11-10-12-18-14-15/h15,18H,4-14H2,1-3H3. The fraction of sp³-hybridized carbons (Fsp3) is 0.941. The number of unbranched alkanes of at least 4 members (excludes halogenated alkanes) is 5. The van der Waals surface area contributed by atoms with Gasteiger partial charge in [0.25, 0.3) is 0 Å². The second-order valence-electron chi connectivity index (χ2n) is 6.67. The third-order valence-corrected chi connectivity index (χ3v) is 4.57. The molecule has 1 N–H and O–H groups in total. The van der Waals surface area contributed by atoms with Gasteiger partial charge in [0.2, 0.25) is 0 Å². The molecule has 0 spiro atoms. The van der Waals surface area contributed by atoms with E-state index in [4.69, 9.17) is 4.74 Å². The van der Waals surface area contributed by atoms with Crippen molar-refractivity contribution in [2.75, 3.05) is 19.7 Å². The zero-order valence-electron chi connectivity index (χ0n) is 13.7. The van der Waals surface area contributed by atoms with E-state index in [-0.39, 0.29) is 11.4 Å². The molecule has 1 unspecified atom stereocenters. The van der Waals surface area contributed by atoms with E-state index in [0.29, 0.717) is 12.5 Å². The van der Waals surface area contributed by atoms with Crippen LogP contribution in [-0.4, -0.2) is 25.7 Å². The Balaban J connectivity index is 2.17.